The first-order valence-corrected chi connectivity index (χ1v) is 5.88. The van der Waals surface area contributed by atoms with Crippen molar-refractivity contribution in [3.8, 4) is 0 Å². The number of nitrogen functional groups attached to an aromatic ring is 1. The molecule has 0 aliphatic heterocycles. The molecule has 0 bridgehead atoms. The van der Waals surface area contributed by atoms with E-state index in [0.29, 0.717) is 5.56 Å². The Morgan fingerprint density at radius 1 is 1.50 bits per heavy atom. The van der Waals surface area contributed by atoms with Gasteiger partial charge in [-0.25, -0.2) is 4.39 Å². The van der Waals surface area contributed by atoms with E-state index in [0.717, 1.165) is 4.47 Å². The minimum Gasteiger partial charge on any atom is -0.382 e. The van der Waals surface area contributed by atoms with Gasteiger partial charge in [-0.15, -0.1) is 0 Å². The lowest BCUT2D eigenvalue weighted by Crippen LogP contribution is -2.23. The largest absolute Gasteiger partial charge is 0.382 e. The number of hydrogen-bond donors (Lipinski definition) is 3. The molecule has 1 aromatic heterocycles. The van der Waals surface area contributed by atoms with Gasteiger partial charge in [-0.2, -0.15) is 5.10 Å². The van der Waals surface area contributed by atoms with Gasteiger partial charge in [-0.1, -0.05) is 15.9 Å². The first-order chi connectivity index (χ1) is 8.56. The molecule has 0 spiro atoms. The number of aromatic amines is 1. The number of H-pyrrole nitrogens is 1. The third kappa shape index (κ3) is 2.86. The second-order valence-electron chi connectivity index (χ2n) is 3.62. The number of nitrogens with zero attached hydrogens (tertiary/aromatic N) is 1. The molecular formula is C11H10BrFN4O. The Morgan fingerprint density at radius 3 is 2.94 bits per heavy atom. The van der Waals surface area contributed by atoms with Crippen LogP contribution in [0.1, 0.15) is 16.1 Å². The summed E-state index contributed by atoms with van der Waals surface area (Å²) in [6.45, 7) is 0.204. The zero-order valence-electron chi connectivity index (χ0n) is 9.21. The van der Waals surface area contributed by atoms with Crippen LogP contribution in [0.5, 0.6) is 0 Å². The first kappa shape index (κ1) is 12.6. The van der Waals surface area contributed by atoms with Gasteiger partial charge < -0.3 is 11.1 Å². The predicted octanol–water partition coefficient (Wildman–Crippen LogP) is 1.82. The highest BCUT2D eigenvalue weighted by Crippen LogP contribution is 2.17. The van der Waals surface area contributed by atoms with Crippen molar-refractivity contribution in [1.82, 2.24) is 15.5 Å². The number of amides is 1. The fraction of sp³-hybridized carbons (Fsp3) is 0.0909. The van der Waals surface area contributed by atoms with E-state index in [-0.39, 0.29) is 29.8 Å². The van der Waals surface area contributed by atoms with Gasteiger partial charge in [0.1, 0.15) is 17.3 Å². The number of nitrogens with two attached hydrogens (primary N) is 1. The number of nitrogens with one attached hydrogen (secondary N) is 2. The van der Waals surface area contributed by atoms with Crippen LogP contribution in [0.25, 0.3) is 0 Å². The molecule has 94 valence electrons. The monoisotopic (exact) mass is 312 g/mol. The number of aromatic nitrogens is 2. The van der Waals surface area contributed by atoms with Crippen molar-refractivity contribution in [1.29, 1.82) is 0 Å². The number of hydrogen-bond acceptors (Lipinski definition) is 3. The second kappa shape index (κ2) is 5.18. The maximum atomic E-state index is 13.0. The zero-order valence-corrected chi connectivity index (χ0v) is 10.8. The number of rotatable bonds is 3. The molecule has 0 aliphatic carbocycles. The third-order valence-corrected chi connectivity index (χ3v) is 3.06. The second-order valence-corrected chi connectivity index (χ2v) is 4.48. The van der Waals surface area contributed by atoms with E-state index in [1.807, 2.05) is 0 Å². The molecule has 4 N–H and O–H groups in total. The summed E-state index contributed by atoms with van der Waals surface area (Å²) in [5, 5.41) is 8.78. The number of anilines is 1. The Morgan fingerprint density at radius 2 is 2.28 bits per heavy atom. The van der Waals surface area contributed by atoms with E-state index in [2.05, 4.69) is 31.4 Å². The topological polar surface area (TPSA) is 83.8 Å². The van der Waals surface area contributed by atoms with Crippen LogP contribution in [0.4, 0.5) is 10.2 Å². The van der Waals surface area contributed by atoms with Crippen LogP contribution in [-0.4, -0.2) is 16.1 Å². The number of benzene rings is 1. The molecule has 7 heteroatoms. The molecule has 0 aliphatic rings. The van der Waals surface area contributed by atoms with Gasteiger partial charge in [0.2, 0.25) is 0 Å². The summed E-state index contributed by atoms with van der Waals surface area (Å²) < 4.78 is 13.8. The average molecular weight is 313 g/mol. The molecule has 1 amide bonds. The van der Waals surface area contributed by atoms with E-state index >= 15 is 0 Å². The van der Waals surface area contributed by atoms with Gasteiger partial charge in [-0.05, 0) is 23.8 Å². The summed E-state index contributed by atoms with van der Waals surface area (Å²) in [6, 6.07) is 5.71. The predicted molar refractivity (Wildman–Crippen MR) is 68.3 cm³/mol. The van der Waals surface area contributed by atoms with E-state index in [4.69, 9.17) is 5.73 Å². The molecule has 0 atom stereocenters. The molecule has 2 rings (SSSR count). The van der Waals surface area contributed by atoms with E-state index in [1.165, 1.54) is 18.2 Å². The maximum Gasteiger partial charge on any atom is 0.269 e. The lowest BCUT2D eigenvalue weighted by atomic mass is 10.2. The lowest BCUT2D eigenvalue weighted by Gasteiger charge is -2.06. The van der Waals surface area contributed by atoms with Gasteiger partial charge >= 0.3 is 0 Å². The van der Waals surface area contributed by atoms with Crippen molar-refractivity contribution in [2.75, 3.05) is 5.73 Å². The molecule has 1 heterocycles. The summed E-state index contributed by atoms with van der Waals surface area (Å²) in [6.07, 6.45) is 0. The van der Waals surface area contributed by atoms with Gasteiger partial charge in [0, 0.05) is 17.1 Å². The van der Waals surface area contributed by atoms with Gasteiger partial charge in [0.15, 0.2) is 0 Å². The smallest absolute Gasteiger partial charge is 0.269 e. The summed E-state index contributed by atoms with van der Waals surface area (Å²) >= 11 is 3.28. The van der Waals surface area contributed by atoms with Crippen molar-refractivity contribution in [2.24, 2.45) is 0 Å². The molecule has 0 radical (unpaired) electrons. The fourth-order valence-corrected chi connectivity index (χ4v) is 1.79. The lowest BCUT2D eigenvalue weighted by molar-refractivity contribution is 0.0946. The standard InChI is InChI=1S/C11H10BrFN4O/c12-8-2-1-7(13)3-6(8)5-15-11(18)9-4-10(14)17-16-9/h1-4H,5H2,(H,15,18)(H3,14,16,17). The van der Waals surface area contributed by atoms with Crippen molar-refractivity contribution in [2.45, 2.75) is 6.54 Å². The van der Waals surface area contributed by atoms with Crippen LogP contribution in [-0.2, 0) is 6.54 Å². The van der Waals surface area contributed by atoms with Crippen molar-refractivity contribution in [3.63, 3.8) is 0 Å². The van der Waals surface area contributed by atoms with Crippen molar-refractivity contribution < 1.29 is 9.18 Å². The van der Waals surface area contributed by atoms with Crippen LogP contribution in [0.15, 0.2) is 28.7 Å². The molecule has 0 saturated carbocycles. The number of carbonyl (C=O) groups excluding carboxylic acids is 1. The molecule has 1 aromatic carbocycles. The summed E-state index contributed by atoms with van der Waals surface area (Å²) in [4.78, 5) is 11.7. The number of halogens is 2. The molecule has 0 saturated heterocycles. The minimum absolute atomic E-state index is 0.204. The maximum absolute atomic E-state index is 13.0. The Balaban J connectivity index is 2.03. The highest BCUT2D eigenvalue weighted by atomic mass is 79.9. The third-order valence-electron chi connectivity index (χ3n) is 2.29. The molecule has 0 unspecified atom stereocenters. The first-order valence-electron chi connectivity index (χ1n) is 5.09. The quantitative estimate of drug-likeness (QED) is 0.808. The summed E-state index contributed by atoms with van der Waals surface area (Å²) in [7, 11) is 0. The summed E-state index contributed by atoms with van der Waals surface area (Å²) in [5.41, 5.74) is 6.30. The SMILES string of the molecule is Nc1cc(C(=O)NCc2cc(F)ccc2Br)[nH]n1. The van der Waals surface area contributed by atoms with Crippen LogP contribution < -0.4 is 11.1 Å². The fourth-order valence-electron chi connectivity index (χ4n) is 1.40. The molecule has 5 nitrogen and oxygen atoms in total. The van der Waals surface area contributed by atoms with Crippen molar-refractivity contribution in [3.05, 3.63) is 45.8 Å². The average Bonchev–Trinajstić information content (AvgIpc) is 2.77. The molecule has 18 heavy (non-hydrogen) atoms. The Bertz CT molecular complexity index is 584. The summed E-state index contributed by atoms with van der Waals surface area (Å²) in [5.74, 6) is -0.462. The minimum atomic E-state index is -0.353. The van der Waals surface area contributed by atoms with E-state index < -0.39 is 0 Å². The van der Waals surface area contributed by atoms with Gasteiger partial charge in [0.05, 0.1) is 0 Å². The van der Waals surface area contributed by atoms with E-state index in [9.17, 15) is 9.18 Å². The van der Waals surface area contributed by atoms with E-state index in [1.54, 1.807) is 6.07 Å². The van der Waals surface area contributed by atoms with Gasteiger partial charge in [0.25, 0.3) is 5.91 Å². The van der Waals surface area contributed by atoms with Crippen LogP contribution in [0, 0.1) is 5.82 Å². The van der Waals surface area contributed by atoms with Crippen molar-refractivity contribution >= 4 is 27.7 Å². The highest BCUT2D eigenvalue weighted by Gasteiger charge is 2.09. The Hall–Kier alpha value is -1.89. The zero-order chi connectivity index (χ0) is 13.1. The number of carbonyl (C=O) groups is 1. The van der Waals surface area contributed by atoms with Crippen LogP contribution in [0.3, 0.4) is 0 Å². The van der Waals surface area contributed by atoms with Crippen LogP contribution >= 0.6 is 15.9 Å². The van der Waals surface area contributed by atoms with Gasteiger partial charge in [-0.3, -0.25) is 9.89 Å². The molecular weight excluding hydrogens is 303 g/mol. The molecule has 0 fully saturated rings. The highest BCUT2D eigenvalue weighted by molar-refractivity contribution is 9.10. The molecule has 2 aromatic rings. The Labute approximate surface area is 111 Å². The normalized spacial score (nSPS) is 10.3. The van der Waals surface area contributed by atoms with Crippen LogP contribution in [0.2, 0.25) is 0 Å². The Kier molecular flexibility index (Phi) is 3.61.